The fourth-order valence-electron chi connectivity index (χ4n) is 2.19. The van der Waals surface area contributed by atoms with Gasteiger partial charge in [0.1, 0.15) is 5.82 Å². The average Bonchev–Trinajstić information content (AvgIpc) is 2.37. The molecule has 0 amide bonds. The van der Waals surface area contributed by atoms with E-state index in [1.165, 1.54) is 11.4 Å². The Hall–Kier alpha value is -2.08. The predicted octanol–water partition coefficient (Wildman–Crippen LogP) is 2.11. The maximum atomic E-state index is 12.7. The Labute approximate surface area is 119 Å². The van der Waals surface area contributed by atoms with Gasteiger partial charge in [0, 0.05) is 18.9 Å². The molecule has 1 aromatic heterocycles. The van der Waals surface area contributed by atoms with Gasteiger partial charge in [-0.3, -0.25) is 4.31 Å². The molecule has 0 radical (unpaired) electrons. The monoisotopic (exact) mass is 291 g/mol. The van der Waals surface area contributed by atoms with Crippen LogP contribution in [-0.4, -0.2) is 20.4 Å². The lowest BCUT2D eigenvalue weighted by Gasteiger charge is -2.21. The highest BCUT2D eigenvalue weighted by molar-refractivity contribution is 7.92. The van der Waals surface area contributed by atoms with Gasteiger partial charge in [-0.15, -0.1) is 0 Å². The number of nitrogens with zero attached hydrogens (tertiary/aromatic N) is 2. The molecule has 0 unspecified atom stereocenters. The van der Waals surface area contributed by atoms with E-state index in [1.54, 1.807) is 50.4 Å². The molecule has 0 saturated carbocycles. The quantitative estimate of drug-likeness (QED) is 0.879. The van der Waals surface area contributed by atoms with Crippen molar-refractivity contribution in [2.45, 2.75) is 18.7 Å². The number of hydrogen-bond acceptors (Lipinski definition) is 4. The Kier molecular flexibility index (Phi) is 3.67. The number of aromatic nitrogens is 1. The molecule has 2 rings (SSSR count). The number of aryl methyl sites for hydroxylation is 2. The van der Waals surface area contributed by atoms with Crippen molar-refractivity contribution in [2.75, 3.05) is 17.1 Å². The van der Waals surface area contributed by atoms with Crippen molar-refractivity contribution in [3.05, 3.63) is 47.7 Å². The van der Waals surface area contributed by atoms with E-state index in [0.717, 1.165) is 0 Å². The SMILES string of the molecule is Cc1cc(N)cc(C)c1S(=O)(=O)N(C)c1ccccn1. The second kappa shape index (κ2) is 5.13. The molecule has 0 fully saturated rings. The highest BCUT2D eigenvalue weighted by Gasteiger charge is 2.26. The molecule has 2 aromatic rings. The van der Waals surface area contributed by atoms with Crippen molar-refractivity contribution >= 4 is 21.5 Å². The van der Waals surface area contributed by atoms with Crippen LogP contribution in [0.1, 0.15) is 11.1 Å². The molecule has 6 heteroatoms. The molecule has 0 saturated heterocycles. The topological polar surface area (TPSA) is 76.3 Å². The van der Waals surface area contributed by atoms with Crippen LogP contribution in [0.2, 0.25) is 0 Å². The van der Waals surface area contributed by atoms with Gasteiger partial charge < -0.3 is 5.73 Å². The summed E-state index contributed by atoms with van der Waals surface area (Å²) < 4.78 is 26.6. The van der Waals surface area contributed by atoms with Crippen molar-refractivity contribution in [1.29, 1.82) is 0 Å². The van der Waals surface area contributed by atoms with Crippen LogP contribution in [0.25, 0.3) is 0 Å². The van der Waals surface area contributed by atoms with E-state index < -0.39 is 10.0 Å². The van der Waals surface area contributed by atoms with E-state index in [-0.39, 0.29) is 4.90 Å². The Balaban J connectivity index is 2.57. The van der Waals surface area contributed by atoms with Crippen molar-refractivity contribution in [3.8, 4) is 0 Å². The summed E-state index contributed by atoms with van der Waals surface area (Å²) in [5, 5.41) is 0. The smallest absolute Gasteiger partial charge is 0.265 e. The molecule has 0 aliphatic carbocycles. The van der Waals surface area contributed by atoms with Gasteiger partial charge in [-0.25, -0.2) is 13.4 Å². The van der Waals surface area contributed by atoms with Crippen molar-refractivity contribution < 1.29 is 8.42 Å². The van der Waals surface area contributed by atoms with E-state index in [1.807, 2.05) is 0 Å². The molecule has 0 atom stereocenters. The van der Waals surface area contributed by atoms with E-state index in [4.69, 9.17) is 5.73 Å². The summed E-state index contributed by atoms with van der Waals surface area (Å²) in [6, 6.07) is 8.46. The Morgan fingerprint density at radius 2 is 1.75 bits per heavy atom. The average molecular weight is 291 g/mol. The first-order valence-corrected chi connectivity index (χ1v) is 7.54. The lowest BCUT2D eigenvalue weighted by Crippen LogP contribution is -2.28. The maximum absolute atomic E-state index is 12.7. The van der Waals surface area contributed by atoms with Gasteiger partial charge in [-0.05, 0) is 49.2 Å². The molecular formula is C14H17N3O2S. The summed E-state index contributed by atoms with van der Waals surface area (Å²) in [6.45, 7) is 3.48. The Bertz CT molecular complexity index is 704. The number of rotatable bonds is 3. The van der Waals surface area contributed by atoms with Crippen LogP contribution in [0.4, 0.5) is 11.5 Å². The number of benzene rings is 1. The normalized spacial score (nSPS) is 11.3. The van der Waals surface area contributed by atoms with Crippen LogP contribution in [0, 0.1) is 13.8 Å². The summed E-state index contributed by atoms with van der Waals surface area (Å²) in [7, 11) is -2.16. The fraction of sp³-hybridized carbons (Fsp3) is 0.214. The van der Waals surface area contributed by atoms with Gasteiger partial charge in [0.25, 0.3) is 10.0 Å². The summed E-state index contributed by atoms with van der Waals surface area (Å²) in [6.07, 6.45) is 1.56. The number of anilines is 2. The summed E-state index contributed by atoms with van der Waals surface area (Å²) in [5.41, 5.74) is 7.55. The number of pyridine rings is 1. The maximum Gasteiger partial charge on any atom is 0.265 e. The minimum absolute atomic E-state index is 0.278. The molecule has 20 heavy (non-hydrogen) atoms. The molecule has 5 nitrogen and oxygen atoms in total. The number of nitrogen functional groups attached to an aromatic ring is 1. The highest BCUT2D eigenvalue weighted by Crippen LogP contribution is 2.27. The zero-order chi connectivity index (χ0) is 14.9. The minimum Gasteiger partial charge on any atom is -0.399 e. The van der Waals surface area contributed by atoms with Crippen LogP contribution in [0.3, 0.4) is 0 Å². The zero-order valence-electron chi connectivity index (χ0n) is 11.7. The van der Waals surface area contributed by atoms with Crippen LogP contribution in [0.15, 0.2) is 41.4 Å². The van der Waals surface area contributed by atoms with Gasteiger partial charge in [0.15, 0.2) is 0 Å². The number of hydrogen-bond donors (Lipinski definition) is 1. The highest BCUT2D eigenvalue weighted by atomic mass is 32.2. The first-order valence-electron chi connectivity index (χ1n) is 6.10. The second-order valence-electron chi connectivity index (χ2n) is 4.64. The van der Waals surface area contributed by atoms with E-state index in [0.29, 0.717) is 22.6 Å². The molecular weight excluding hydrogens is 274 g/mol. The summed E-state index contributed by atoms with van der Waals surface area (Å²) >= 11 is 0. The first-order chi connectivity index (χ1) is 9.34. The third-order valence-corrected chi connectivity index (χ3v) is 5.14. The Morgan fingerprint density at radius 1 is 1.15 bits per heavy atom. The van der Waals surface area contributed by atoms with Crippen molar-refractivity contribution in [1.82, 2.24) is 4.98 Å². The van der Waals surface area contributed by atoms with Gasteiger partial charge in [0.2, 0.25) is 0 Å². The molecule has 1 heterocycles. The van der Waals surface area contributed by atoms with E-state index in [9.17, 15) is 8.42 Å². The molecule has 106 valence electrons. The molecule has 1 aromatic carbocycles. The standard InChI is InChI=1S/C14H17N3O2S/c1-10-8-12(15)9-11(2)14(10)20(18,19)17(3)13-6-4-5-7-16-13/h4-9H,15H2,1-3H3. The zero-order valence-corrected chi connectivity index (χ0v) is 12.5. The van der Waals surface area contributed by atoms with Gasteiger partial charge in [-0.1, -0.05) is 6.07 Å². The molecule has 0 bridgehead atoms. The van der Waals surface area contributed by atoms with Gasteiger partial charge in [0.05, 0.1) is 4.90 Å². The van der Waals surface area contributed by atoms with Crippen LogP contribution in [0.5, 0.6) is 0 Å². The minimum atomic E-state index is -3.65. The number of sulfonamides is 1. The fourth-order valence-corrected chi connectivity index (χ4v) is 3.75. The second-order valence-corrected chi connectivity index (χ2v) is 6.55. The Morgan fingerprint density at radius 3 is 2.25 bits per heavy atom. The van der Waals surface area contributed by atoms with Crippen molar-refractivity contribution in [2.24, 2.45) is 0 Å². The van der Waals surface area contributed by atoms with Crippen LogP contribution >= 0.6 is 0 Å². The molecule has 0 aliphatic rings. The lowest BCUT2D eigenvalue weighted by molar-refractivity contribution is 0.592. The predicted molar refractivity (Wildman–Crippen MR) is 80.2 cm³/mol. The molecule has 0 spiro atoms. The van der Waals surface area contributed by atoms with E-state index in [2.05, 4.69) is 4.98 Å². The summed E-state index contributed by atoms with van der Waals surface area (Å²) in [4.78, 5) is 4.35. The lowest BCUT2D eigenvalue weighted by atomic mass is 10.1. The van der Waals surface area contributed by atoms with Crippen LogP contribution in [-0.2, 0) is 10.0 Å². The van der Waals surface area contributed by atoms with Gasteiger partial charge >= 0.3 is 0 Å². The van der Waals surface area contributed by atoms with Crippen LogP contribution < -0.4 is 10.0 Å². The number of nitrogens with two attached hydrogens (primary N) is 1. The third-order valence-electron chi connectivity index (χ3n) is 3.07. The largest absolute Gasteiger partial charge is 0.399 e. The van der Waals surface area contributed by atoms with E-state index >= 15 is 0 Å². The van der Waals surface area contributed by atoms with Crippen molar-refractivity contribution in [3.63, 3.8) is 0 Å². The molecule has 2 N–H and O–H groups in total. The first kappa shape index (κ1) is 14.3. The summed E-state index contributed by atoms with van der Waals surface area (Å²) in [5.74, 6) is 0.378. The van der Waals surface area contributed by atoms with Gasteiger partial charge in [-0.2, -0.15) is 0 Å². The molecule has 0 aliphatic heterocycles. The third kappa shape index (κ3) is 2.46.